The van der Waals surface area contributed by atoms with Gasteiger partial charge < -0.3 is 14.8 Å². The molecule has 0 aromatic heterocycles. The molecule has 0 aliphatic carbocycles. The summed E-state index contributed by atoms with van der Waals surface area (Å²) in [5, 5.41) is 1.04. The lowest BCUT2D eigenvalue weighted by Gasteiger charge is -2.48. The fourth-order valence-corrected chi connectivity index (χ4v) is 5.15. The maximum Gasteiger partial charge on any atom is 0.354 e. The van der Waals surface area contributed by atoms with Crippen LogP contribution in [0, 0.1) is 0 Å². The van der Waals surface area contributed by atoms with Crippen LogP contribution in [-0.4, -0.2) is 62.0 Å². The normalized spacial score (nSPS) is 23.2. The van der Waals surface area contributed by atoms with E-state index in [1.165, 1.54) is 6.92 Å². The van der Waals surface area contributed by atoms with E-state index in [-0.39, 0.29) is 17.9 Å². The van der Waals surface area contributed by atoms with Crippen molar-refractivity contribution in [2.75, 3.05) is 19.5 Å². The Hall–Kier alpha value is -2.88. The van der Waals surface area contributed by atoms with Crippen LogP contribution < -0.4 is 10.1 Å². The second-order valence-electron chi connectivity index (χ2n) is 6.17. The molecule has 2 amide bonds. The third kappa shape index (κ3) is 3.39. The number of benzene rings is 1. The molecule has 1 fully saturated rings. The van der Waals surface area contributed by atoms with Gasteiger partial charge in [-0.3, -0.25) is 14.5 Å². The second kappa shape index (κ2) is 7.03. The van der Waals surface area contributed by atoms with E-state index in [1.807, 2.05) is 0 Å². The van der Waals surface area contributed by atoms with Gasteiger partial charge >= 0.3 is 5.97 Å². The molecule has 1 aromatic rings. The molecule has 2 heterocycles. The molecule has 0 saturated carbocycles. The number of esters is 1. The topological polar surface area (TPSA) is 119 Å². The van der Waals surface area contributed by atoms with Crippen molar-refractivity contribution in [1.82, 2.24) is 10.2 Å². The number of fused-ring (bicyclic) bond motifs is 1. The minimum atomic E-state index is -3.76. The lowest BCUT2D eigenvalue weighted by Crippen LogP contribution is -2.75. The quantitative estimate of drug-likeness (QED) is 0.533. The number of nitrogens with one attached hydrogen (secondary N) is 1. The van der Waals surface area contributed by atoms with Crippen LogP contribution in [-0.2, 0) is 29.0 Å². The minimum Gasteiger partial charge on any atom is -0.484 e. The summed E-state index contributed by atoms with van der Waals surface area (Å²) in [6.07, 6.45) is 0. The number of methoxy groups -OCH3 is 1. The number of β-lactam (4-membered cyclic amide) rings is 1. The zero-order valence-electron chi connectivity index (χ0n) is 14.7. The standard InChI is InChI=1S/C17H18N2O7S/c1-10-9-27(23,24)16-13(15(21)19(16)14(10)17(22)25-2)18-12(20)8-26-11-6-4-3-5-7-11/h3-7,13,16H,8-9H2,1-2H3,(H,18,20)/t13-,16+/m0/s1. The lowest BCUT2D eigenvalue weighted by atomic mass is 10.0. The van der Waals surface area contributed by atoms with Gasteiger partial charge in [-0.2, -0.15) is 0 Å². The molecule has 1 saturated heterocycles. The zero-order chi connectivity index (χ0) is 19.8. The predicted octanol–water partition coefficient (Wildman–Crippen LogP) is -0.406. The number of hydrogen-bond donors (Lipinski definition) is 1. The first-order valence-electron chi connectivity index (χ1n) is 8.06. The molecular formula is C17H18N2O7S. The predicted molar refractivity (Wildman–Crippen MR) is 93.0 cm³/mol. The Morgan fingerprint density at radius 2 is 1.93 bits per heavy atom. The number of carbonyl (C=O) groups is 3. The van der Waals surface area contributed by atoms with Gasteiger partial charge in [0.1, 0.15) is 17.5 Å². The van der Waals surface area contributed by atoms with Crippen molar-refractivity contribution in [3.8, 4) is 5.75 Å². The van der Waals surface area contributed by atoms with Gasteiger partial charge in [0.05, 0.1) is 12.9 Å². The number of carbonyl (C=O) groups excluding carboxylic acids is 3. The molecule has 27 heavy (non-hydrogen) atoms. The van der Waals surface area contributed by atoms with Crippen LogP contribution in [0.4, 0.5) is 0 Å². The van der Waals surface area contributed by atoms with Gasteiger partial charge in [0, 0.05) is 0 Å². The highest BCUT2D eigenvalue weighted by Crippen LogP contribution is 2.36. The molecule has 1 N–H and O–H groups in total. The highest BCUT2D eigenvalue weighted by molar-refractivity contribution is 7.92. The Kier molecular flexibility index (Phi) is 4.92. The number of nitrogens with zero attached hydrogens (tertiary/aromatic N) is 1. The number of rotatable bonds is 5. The third-order valence-corrected chi connectivity index (χ3v) is 6.34. The van der Waals surface area contributed by atoms with Crippen LogP contribution in [0.1, 0.15) is 6.92 Å². The van der Waals surface area contributed by atoms with Crippen LogP contribution in [0.5, 0.6) is 5.75 Å². The van der Waals surface area contributed by atoms with Crippen LogP contribution >= 0.6 is 0 Å². The Balaban J connectivity index is 1.73. The van der Waals surface area contributed by atoms with Crippen molar-refractivity contribution in [2.45, 2.75) is 18.3 Å². The summed E-state index contributed by atoms with van der Waals surface area (Å²) in [4.78, 5) is 37.3. The fraction of sp³-hybridized carbons (Fsp3) is 0.353. The molecule has 0 unspecified atom stereocenters. The first-order valence-corrected chi connectivity index (χ1v) is 9.77. The van der Waals surface area contributed by atoms with Crippen molar-refractivity contribution in [3.05, 3.63) is 41.6 Å². The van der Waals surface area contributed by atoms with Gasteiger partial charge in [0.15, 0.2) is 21.8 Å². The first-order chi connectivity index (χ1) is 12.8. The summed E-state index contributed by atoms with van der Waals surface area (Å²) < 4.78 is 34.9. The van der Waals surface area contributed by atoms with E-state index < -0.39 is 44.8 Å². The van der Waals surface area contributed by atoms with Crippen molar-refractivity contribution in [1.29, 1.82) is 0 Å². The van der Waals surface area contributed by atoms with E-state index in [1.54, 1.807) is 30.3 Å². The molecule has 144 valence electrons. The van der Waals surface area contributed by atoms with E-state index in [0.29, 0.717) is 5.75 Å². The Morgan fingerprint density at radius 1 is 1.26 bits per heavy atom. The molecular weight excluding hydrogens is 376 g/mol. The molecule has 0 spiro atoms. The van der Waals surface area contributed by atoms with Gasteiger partial charge in [0.25, 0.3) is 11.8 Å². The van der Waals surface area contributed by atoms with Crippen LogP contribution in [0.2, 0.25) is 0 Å². The van der Waals surface area contributed by atoms with E-state index in [4.69, 9.17) is 4.74 Å². The largest absolute Gasteiger partial charge is 0.484 e. The summed E-state index contributed by atoms with van der Waals surface area (Å²) in [5.74, 6) is -2.04. The molecule has 10 heteroatoms. The zero-order valence-corrected chi connectivity index (χ0v) is 15.5. The van der Waals surface area contributed by atoms with Gasteiger partial charge in [-0.1, -0.05) is 18.2 Å². The SMILES string of the molecule is COC(=O)C1=C(C)CS(=O)(=O)[C@@H]2[C@@H](NC(=O)COc3ccccc3)C(=O)N12. The van der Waals surface area contributed by atoms with Gasteiger partial charge in [-0.25, -0.2) is 13.2 Å². The molecule has 2 atom stereocenters. The van der Waals surface area contributed by atoms with E-state index in [0.717, 1.165) is 12.0 Å². The van der Waals surface area contributed by atoms with Crippen molar-refractivity contribution < 1.29 is 32.3 Å². The molecule has 1 aromatic carbocycles. The summed E-state index contributed by atoms with van der Waals surface area (Å²) in [5.41, 5.74) is 0.136. The van der Waals surface area contributed by atoms with E-state index in [2.05, 4.69) is 10.1 Å². The molecule has 3 rings (SSSR count). The Labute approximate surface area is 155 Å². The summed E-state index contributed by atoms with van der Waals surface area (Å²) in [6, 6.07) is 7.30. The minimum absolute atomic E-state index is 0.0895. The molecule has 2 aliphatic rings. The second-order valence-corrected chi connectivity index (χ2v) is 8.27. The van der Waals surface area contributed by atoms with Crippen molar-refractivity contribution in [3.63, 3.8) is 0 Å². The number of hydrogen-bond acceptors (Lipinski definition) is 7. The molecule has 2 aliphatic heterocycles. The van der Waals surface area contributed by atoms with Crippen LogP contribution in [0.3, 0.4) is 0 Å². The Bertz CT molecular complexity index is 924. The highest BCUT2D eigenvalue weighted by atomic mass is 32.2. The van der Waals surface area contributed by atoms with E-state index in [9.17, 15) is 22.8 Å². The van der Waals surface area contributed by atoms with Crippen molar-refractivity contribution in [2.24, 2.45) is 0 Å². The number of sulfone groups is 1. The number of para-hydroxylation sites is 1. The van der Waals surface area contributed by atoms with Gasteiger partial charge in [-0.15, -0.1) is 0 Å². The number of ether oxygens (including phenoxy) is 2. The van der Waals surface area contributed by atoms with Crippen LogP contribution in [0.15, 0.2) is 41.6 Å². The van der Waals surface area contributed by atoms with Crippen molar-refractivity contribution >= 4 is 27.6 Å². The highest BCUT2D eigenvalue weighted by Gasteiger charge is 2.60. The summed E-state index contributed by atoms with van der Waals surface area (Å²) >= 11 is 0. The maximum absolute atomic E-state index is 12.5. The average molecular weight is 394 g/mol. The molecule has 0 bridgehead atoms. The van der Waals surface area contributed by atoms with Gasteiger partial charge in [0.2, 0.25) is 0 Å². The smallest absolute Gasteiger partial charge is 0.354 e. The average Bonchev–Trinajstić information content (AvgIpc) is 2.63. The summed E-state index contributed by atoms with van der Waals surface area (Å²) in [7, 11) is -2.61. The summed E-state index contributed by atoms with van der Waals surface area (Å²) in [6.45, 7) is 1.08. The fourth-order valence-electron chi connectivity index (χ4n) is 3.11. The van der Waals surface area contributed by atoms with E-state index >= 15 is 0 Å². The monoisotopic (exact) mass is 394 g/mol. The van der Waals surface area contributed by atoms with Crippen LogP contribution in [0.25, 0.3) is 0 Å². The number of amides is 2. The molecule has 0 radical (unpaired) electrons. The Morgan fingerprint density at radius 3 is 2.56 bits per heavy atom. The molecule has 9 nitrogen and oxygen atoms in total. The third-order valence-electron chi connectivity index (χ3n) is 4.28. The first kappa shape index (κ1) is 18.9. The maximum atomic E-state index is 12.5. The van der Waals surface area contributed by atoms with Gasteiger partial charge in [-0.05, 0) is 24.6 Å². The lowest BCUT2D eigenvalue weighted by molar-refractivity contribution is -0.152.